The average Bonchev–Trinajstić information content (AvgIpc) is 2.39. The molecule has 0 amide bonds. The van der Waals surface area contributed by atoms with Gasteiger partial charge in [0.05, 0.1) is 0 Å². The molecular formula is C15H31N3. The normalized spacial score (nSPS) is 32.0. The van der Waals surface area contributed by atoms with Gasteiger partial charge in [-0.2, -0.15) is 0 Å². The fourth-order valence-electron chi connectivity index (χ4n) is 3.71. The van der Waals surface area contributed by atoms with Crippen molar-refractivity contribution in [1.82, 2.24) is 15.1 Å². The molecule has 2 unspecified atom stereocenters. The molecule has 1 saturated heterocycles. The summed E-state index contributed by atoms with van der Waals surface area (Å²) in [4.78, 5) is 5.17. The van der Waals surface area contributed by atoms with Crippen LogP contribution in [0.4, 0.5) is 0 Å². The second-order valence-electron chi connectivity index (χ2n) is 6.27. The molecule has 1 aliphatic carbocycles. The van der Waals surface area contributed by atoms with Crippen LogP contribution in [0.2, 0.25) is 0 Å². The highest BCUT2D eigenvalue weighted by Gasteiger charge is 2.29. The number of nitrogens with zero attached hydrogens (tertiary/aromatic N) is 2. The summed E-state index contributed by atoms with van der Waals surface area (Å²) >= 11 is 0. The first kappa shape index (κ1) is 14.3. The summed E-state index contributed by atoms with van der Waals surface area (Å²) in [5.74, 6) is 0. The van der Waals surface area contributed by atoms with Crippen LogP contribution in [0.5, 0.6) is 0 Å². The Kier molecular flexibility index (Phi) is 5.46. The minimum atomic E-state index is 0.766. The quantitative estimate of drug-likeness (QED) is 0.826. The SMILES string of the molecule is CCNC1CCCC(N(C)C2CCN(C)CC2)C1. The Morgan fingerprint density at radius 3 is 2.50 bits per heavy atom. The highest BCUT2D eigenvalue weighted by Crippen LogP contribution is 2.26. The molecule has 3 heteroatoms. The van der Waals surface area contributed by atoms with Gasteiger partial charge in [0.25, 0.3) is 0 Å². The Balaban J connectivity index is 1.82. The van der Waals surface area contributed by atoms with E-state index in [1.54, 1.807) is 0 Å². The maximum absolute atomic E-state index is 3.64. The van der Waals surface area contributed by atoms with Gasteiger partial charge < -0.3 is 15.1 Å². The van der Waals surface area contributed by atoms with Gasteiger partial charge in [-0.25, -0.2) is 0 Å². The fraction of sp³-hybridized carbons (Fsp3) is 1.00. The maximum Gasteiger partial charge on any atom is 0.0119 e. The molecule has 0 spiro atoms. The minimum absolute atomic E-state index is 0.766. The van der Waals surface area contributed by atoms with Crippen LogP contribution < -0.4 is 5.32 Å². The van der Waals surface area contributed by atoms with Crippen LogP contribution in [0, 0.1) is 0 Å². The van der Waals surface area contributed by atoms with E-state index in [9.17, 15) is 0 Å². The van der Waals surface area contributed by atoms with Crippen LogP contribution in [0.25, 0.3) is 0 Å². The topological polar surface area (TPSA) is 18.5 Å². The van der Waals surface area contributed by atoms with Gasteiger partial charge >= 0.3 is 0 Å². The van der Waals surface area contributed by atoms with Crippen molar-refractivity contribution in [3.8, 4) is 0 Å². The molecule has 0 radical (unpaired) electrons. The third-order valence-electron chi connectivity index (χ3n) is 4.98. The molecule has 106 valence electrons. The molecule has 1 aliphatic heterocycles. The fourth-order valence-corrected chi connectivity index (χ4v) is 3.71. The predicted molar refractivity (Wildman–Crippen MR) is 78.0 cm³/mol. The number of nitrogens with one attached hydrogen (secondary N) is 1. The molecule has 1 N–H and O–H groups in total. The van der Waals surface area contributed by atoms with Crippen LogP contribution in [0.1, 0.15) is 45.4 Å². The predicted octanol–water partition coefficient (Wildman–Crippen LogP) is 1.93. The zero-order valence-corrected chi connectivity index (χ0v) is 12.5. The van der Waals surface area contributed by atoms with Gasteiger partial charge in [-0.05, 0) is 65.8 Å². The van der Waals surface area contributed by atoms with E-state index in [2.05, 4.69) is 36.1 Å². The summed E-state index contributed by atoms with van der Waals surface area (Å²) < 4.78 is 0. The third kappa shape index (κ3) is 3.69. The Morgan fingerprint density at radius 1 is 1.11 bits per heavy atom. The van der Waals surface area contributed by atoms with Crippen LogP contribution >= 0.6 is 0 Å². The Bertz CT molecular complexity index is 234. The maximum atomic E-state index is 3.64. The molecule has 2 atom stereocenters. The van der Waals surface area contributed by atoms with Crippen LogP contribution in [0.15, 0.2) is 0 Å². The van der Waals surface area contributed by atoms with E-state index in [4.69, 9.17) is 0 Å². The van der Waals surface area contributed by atoms with Crippen molar-refractivity contribution in [2.45, 2.75) is 63.6 Å². The molecule has 2 rings (SSSR count). The number of rotatable bonds is 4. The highest BCUT2D eigenvalue weighted by molar-refractivity contribution is 4.87. The molecule has 18 heavy (non-hydrogen) atoms. The van der Waals surface area contributed by atoms with Crippen molar-refractivity contribution in [2.24, 2.45) is 0 Å². The van der Waals surface area contributed by atoms with E-state index in [-0.39, 0.29) is 0 Å². The lowest BCUT2D eigenvalue weighted by atomic mass is 9.88. The first-order valence-corrected chi connectivity index (χ1v) is 7.84. The Labute approximate surface area is 113 Å². The third-order valence-corrected chi connectivity index (χ3v) is 4.98. The zero-order valence-electron chi connectivity index (χ0n) is 12.5. The van der Waals surface area contributed by atoms with Crippen LogP contribution in [-0.4, -0.2) is 61.7 Å². The van der Waals surface area contributed by atoms with E-state index in [1.807, 2.05) is 0 Å². The van der Waals surface area contributed by atoms with E-state index in [0.29, 0.717) is 0 Å². The van der Waals surface area contributed by atoms with Crippen molar-refractivity contribution in [3.05, 3.63) is 0 Å². The highest BCUT2D eigenvalue weighted by atomic mass is 15.2. The molecule has 2 fully saturated rings. The Hall–Kier alpha value is -0.120. The van der Waals surface area contributed by atoms with Crippen molar-refractivity contribution < 1.29 is 0 Å². The lowest BCUT2D eigenvalue weighted by Crippen LogP contribution is -2.49. The van der Waals surface area contributed by atoms with Crippen molar-refractivity contribution in [3.63, 3.8) is 0 Å². The molecule has 0 bridgehead atoms. The lowest BCUT2D eigenvalue weighted by Gasteiger charge is -2.42. The second-order valence-corrected chi connectivity index (χ2v) is 6.27. The smallest absolute Gasteiger partial charge is 0.0119 e. The standard InChI is InChI=1S/C15H31N3/c1-4-16-13-6-5-7-15(12-13)18(3)14-8-10-17(2)11-9-14/h13-16H,4-12H2,1-3H3. The van der Waals surface area contributed by atoms with Gasteiger partial charge in [-0.1, -0.05) is 13.3 Å². The second kappa shape index (κ2) is 6.88. The van der Waals surface area contributed by atoms with Gasteiger partial charge in [0.1, 0.15) is 0 Å². The lowest BCUT2D eigenvalue weighted by molar-refractivity contribution is 0.0806. The average molecular weight is 253 g/mol. The van der Waals surface area contributed by atoms with E-state index in [0.717, 1.165) is 24.7 Å². The van der Waals surface area contributed by atoms with Gasteiger partial charge in [0.15, 0.2) is 0 Å². The summed E-state index contributed by atoms with van der Waals surface area (Å²) in [5.41, 5.74) is 0. The minimum Gasteiger partial charge on any atom is -0.314 e. The molecule has 0 aromatic carbocycles. The van der Waals surface area contributed by atoms with Crippen molar-refractivity contribution in [2.75, 3.05) is 33.7 Å². The molecule has 0 aromatic heterocycles. The van der Waals surface area contributed by atoms with Crippen LogP contribution in [0.3, 0.4) is 0 Å². The van der Waals surface area contributed by atoms with Gasteiger partial charge in [0, 0.05) is 18.1 Å². The zero-order chi connectivity index (χ0) is 13.0. The molecular weight excluding hydrogens is 222 g/mol. The number of hydrogen-bond donors (Lipinski definition) is 1. The van der Waals surface area contributed by atoms with E-state index < -0.39 is 0 Å². The molecule has 2 aliphatic rings. The summed E-state index contributed by atoms with van der Waals surface area (Å²) in [6.07, 6.45) is 8.26. The first-order valence-electron chi connectivity index (χ1n) is 7.84. The monoisotopic (exact) mass is 253 g/mol. The molecule has 3 nitrogen and oxygen atoms in total. The van der Waals surface area contributed by atoms with Crippen LogP contribution in [-0.2, 0) is 0 Å². The summed E-state index contributed by atoms with van der Waals surface area (Å²) in [5, 5.41) is 3.64. The number of likely N-dealkylation sites (tertiary alicyclic amines) is 1. The first-order chi connectivity index (χ1) is 8.70. The number of piperidine rings is 1. The largest absolute Gasteiger partial charge is 0.314 e. The van der Waals surface area contributed by atoms with Gasteiger partial charge in [0.2, 0.25) is 0 Å². The summed E-state index contributed by atoms with van der Waals surface area (Å²) in [6, 6.07) is 2.41. The van der Waals surface area contributed by atoms with E-state index >= 15 is 0 Å². The molecule has 0 aromatic rings. The van der Waals surface area contributed by atoms with Crippen molar-refractivity contribution >= 4 is 0 Å². The van der Waals surface area contributed by atoms with Crippen molar-refractivity contribution in [1.29, 1.82) is 0 Å². The Morgan fingerprint density at radius 2 is 1.83 bits per heavy atom. The van der Waals surface area contributed by atoms with E-state index in [1.165, 1.54) is 51.6 Å². The summed E-state index contributed by atoms with van der Waals surface area (Å²) in [6.45, 7) is 5.90. The summed E-state index contributed by atoms with van der Waals surface area (Å²) in [7, 11) is 4.62. The van der Waals surface area contributed by atoms with Gasteiger partial charge in [-0.15, -0.1) is 0 Å². The number of hydrogen-bond acceptors (Lipinski definition) is 3. The molecule has 1 heterocycles. The van der Waals surface area contributed by atoms with Gasteiger partial charge in [-0.3, -0.25) is 0 Å². The molecule has 1 saturated carbocycles.